The summed E-state index contributed by atoms with van der Waals surface area (Å²) in [6.07, 6.45) is -1.59. The molecule has 0 saturated carbocycles. The molecule has 0 aliphatic rings. The first kappa shape index (κ1) is 24.5. The Bertz CT molecular complexity index is 588. The van der Waals surface area contributed by atoms with E-state index in [1.54, 1.807) is 0 Å². The fraction of sp³-hybridized carbons (Fsp3) is 0.615. The maximum Gasteiger partial charge on any atom is 0.328 e. The number of nitrogens with two attached hydrogens (primary N) is 2. The highest BCUT2D eigenvalue weighted by molar-refractivity contribution is 7.80. The molecule has 0 heterocycles. The van der Waals surface area contributed by atoms with Gasteiger partial charge in [-0.1, -0.05) is 12.2 Å². The molecule has 13 nitrogen and oxygen atoms in total. The number of primary amides is 1. The van der Waals surface area contributed by atoms with Crippen LogP contribution in [0.4, 0.5) is 4.79 Å². The van der Waals surface area contributed by atoms with Gasteiger partial charge in [-0.15, -0.1) is 0 Å². The van der Waals surface area contributed by atoms with Crippen molar-refractivity contribution in [2.45, 2.75) is 37.6 Å². The minimum Gasteiger partial charge on any atom is -0.480 e. The van der Waals surface area contributed by atoms with Crippen LogP contribution in [0.2, 0.25) is 0 Å². The van der Waals surface area contributed by atoms with Crippen LogP contribution in [0, 0.1) is 0 Å². The molecular weight excluding hydrogens is 384 g/mol. The Balaban J connectivity index is 5.08. The van der Waals surface area contributed by atoms with E-state index in [4.69, 9.17) is 33.9 Å². The molecule has 0 saturated heterocycles. The van der Waals surface area contributed by atoms with E-state index in [2.05, 4.69) is 10.7 Å². The summed E-state index contributed by atoms with van der Waals surface area (Å²) in [7, 11) is 1.23. The van der Waals surface area contributed by atoms with Crippen molar-refractivity contribution in [2.24, 2.45) is 11.5 Å². The van der Waals surface area contributed by atoms with Crippen LogP contribution in [-0.2, 0) is 14.4 Å². The lowest BCUT2D eigenvalue weighted by Crippen LogP contribution is -2.59. The van der Waals surface area contributed by atoms with Gasteiger partial charge in [0.2, 0.25) is 5.91 Å². The number of hydrogen-bond acceptors (Lipinski definition) is 8. The van der Waals surface area contributed by atoms with Gasteiger partial charge in [0.15, 0.2) is 6.04 Å². The van der Waals surface area contributed by atoms with Crippen LogP contribution in [0.3, 0.4) is 0 Å². The number of aliphatic carboxylic acids is 1. The fourth-order valence-electron chi connectivity index (χ4n) is 1.69. The number of carbonyl (C=O) groups is 4. The van der Waals surface area contributed by atoms with Crippen LogP contribution >= 0.6 is 12.2 Å². The Morgan fingerprint density at radius 2 is 1.70 bits per heavy atom. The fourth-order valence-corrected chi connectivity index (χ4v) is 2.03. The number of amides is 4. The smallest absolute Gasteiger partial charge is 0.328 e. The molecule has 0 aliphatic carbocycles. The number of aliphatic hydroxyl groups excluding tert-OH is 2. The molecule has 0 aromatic rings. The van der Waals surface area contributed by atoms with E-state index in [1.807, 2.05) is 5.32 Å². The topological polar surface area (TPSA) is 220 Å². The number of carbonyl (C=O) groups excluding carboxylic acids is 3. The predicted octanol–water partition coefficient (Wildman–Crippen LogP) is -4.03. The van der Waals surface area contributed by atoms with Crippen molar-refractivity contribution in [3.05, 3.63) is 0 Å². The monoisotopic (exact) mass is 408 g/mol. The first-order valence-corrected chi connectivity index (χ1v) is 8.02. The Morgan fingerprint density at radius 1 is 1.19 bits per heavy atom. The van der Waals surface area contributed by atoms with Crippen LogP contribution in [-0.4, -0.2) is 87.0 Å². The third kappa shape index (κ3) is 8.59. The number of carboxylic acids is 1. The molecule has 14 heteroatoms. The van der Waals surface area contributed by atoms with E-state index in [0.717, 1.165) is 5.01 Å². The number of hydrogen-bond donors (Lipinski definition) is 8. The molecule has 0 aromatic carbocycles. The van der Waals surface area contributed by atoms with Crippen molar-refractivity contribution in [3.8, 4) is 0 Å². The van der Waals surface area contributed by atoms with Gasteiger partial charge < -0.3 is 37.4 Å². The number of thiocarbonyl (C=S) groups is 1. The highest BCUT2D eigenvalue weighted by Gasteiger charge is 2.29. The lowest BCUT2D eigenvalue weighted by molar-refractivity contribution is -0.140. The normalized spacial score (nSPS) is 14.9. The molecule has 0 aromatic heterocycles. The summed E-state index contributed by atoms with van der Waals surface area (Å²) < 4.78 is 0. The highest BCUT2D eigenvalue weighted by atomic mass is 32.1. The SMILES string of the molecule is CC(O)[C@@H](N)C(=S)NN(C)C(=O)[C@@H](CC(N)=O)NC(=O)N[C@H](CO)C(=O)O. The van der Waals surface area contributed by atoms with Gasteiger partial charge in [-0.3, -0.25) is 20.0 Å². The van der Waals surface area contributed by atoms with Crippen molar-refractivity contribution in [3.63, 3.8) is 0 Å². The van der Waals surface area contributed by atoms with Crippen LogP contribution in [0.25, 0.3) is 0 Å². The van der Waals surface area contributed by atoms with Gasteiger partial charge in [-0.25, -0.2) is 9.59 Å². The summed E-state index contributed by atoms with van der Waals surface area (Å²) in [5, 5.41) is 31.9. The molecule has 4 atom stereocenters. The third-order valence-corrected chi connectivity index (χ3v) is 3.59. The second-order valence-corrected chi connectivity index (χ2v) is 5.99. The number of likely N-dealkylation sites (N-methyl/N-ethyl adjacent to an activating group) is 1. The molecule has 1 unspecified atom stereocenters. The quantitative estimate of drug-likeness (QED) is 0.136. The second kappa shape index (κ2) is 11.2. The molecule has 4 amide bonds. The van der Waals surface area contributed by atoms with E-state index in [0.29, 0.717) is 0 Å². The standard InChI is InChI=1S/C13H24N6O7S/c1-5(21)9(15)10(27)18-19(2)11(23)6(3-8(14)22)16-13(26)17-7(4-20)12(24)25/h5-7,9,20-21H,3-4,15H2,1-2H3,(H2,14,22)(H,18,27)(H,24,25)(H2,16,17,26)/t5?,6-,7-,9-/m1/s1. The Kier molecular flexibility index (Phi) is 10.2. The Morgan fingerprint density at radius 3 is 2.11 bits per heavy atom. The summed E-state index contributed by atoms with van der Waals surface area (Å²) in [4.78, 5) is 46.2. The summed E-state index contributed by atoms with van der Waals surface area (Å²) >= 11 is 4.94. The van der Waals surface area contributed by atoms with Gasteiger partial charge in [0.25, 0.3) is 5.91 Å². The number of carboxylic acid groups (broad SMARTS) is 1. The van der Waals surface area contributed by atoms with Crippen molar-refractivity contribution < 1.29 is 34.5 Å². The first-order valence-electron chi connectivity index (χ1n) is 7.61. The maximum atomic E-state index is 12.4. The molecule has 0 fully saturated rings. The molecule has 0 radical (unpaired) electrons. The number of rotatable bonds is 9. The Labute approximate surface area is 160 Å². The minimum atomic E-state index is -1.61. The number of aliphatic hydroxyl groups is 2. The number of urea groups is 1. The molecule has 0 aliphatic heterocycles. The van der Waals surface area contributed by atoms with E-state index in [1.165, 1.54) is 14.0 Å². The van der Waals surface area contributed by atoms with Gasteiger partial charge in [-0.05, 0) is 6.92 Å². The molecule has 154 valence electrons. The zero-order chi connectivity index (χ0) is 21.3. The van der Waals surface area contributed by atoms with E-state index < -0.39 is 61.1 Å². The molecular formula is C13H24N6O7S. The summed E-state index contributed by atoms with van der Waals surface area (Å²) in [6.45, 7) is 0.506. The van der Waals surface area contributed by atoms with Crippen molar-refractivity contribution in [1.29, 1.82) is 0 Å². The average molecular weight is 408 g/mol. The van der Waals surface area contributed by atoms with Crippen molar-refractivity contribution in [2.75, 3.05) is 13.7 Å². The van der Waals surface area contributed by atoms with Gasteiger partial charge in [0, 0.05) is 7.05 Å². The zero-order valence-electron chi connectivity index (χ0n) is 14.7. The molecule has 10 N–H and O–H groups in total. The molecule has 0 spiro atoms. The van der Waals surface area contributed by atoms with Crippen molar-refractivity contribution in [1.82, 2.24) is 21.1 Å². The summed E-state index contributed by atoms with van der Waals surface area (Å²) in [5.74, 6) is -3.26. The van der Waals surface area contributed by atoms with Crippen LogP contribution < -0.4 is 27.5 Å². The number of hydrazine groups is 1. The summed E-state index contributed by atoms with van der Waals surface area (Å²) in [5.41, 5.74) is 13.1. The largest absolute Gasteiger partial charge is 0.480 e. The van der Waals surface area contributed by atoms with E-state index in [9.17, 15) is 24.3 Å². The van der Waals surface area contributed by atoms with E-state index >= 15 is 0 Å². The van der Waals surface area contributed by atoms with Gasteiger partial charge in [-0.2, -0.15) is 0 Å². The van der Waals surface area contributed by atoms with Crippen LogP contribution in [0.5, 0.6) is 0 Å². The van der Waals surface area contributed by atoms with Crippen LogP contribution in [0.1, 0.15) is 13.3 Å². The lowest BCUT2D eigenvalue weighted by atomic mass is 10.2. The van der Waals surface area contributed by atoms with Gasteiger partial charge in [0.1, 0.15) is 11.0 Å². The highest BCUT2D eigenvalue weighted by Crippen LogP contribution is 1.99. The van der Waals surface area contributed by atoms with E-state index in [-0.39, 0.29) is 4.99 Å². The second-order valence-electron chi connectivity index (χ2n) is 5.55. The summed E-state index contributed by atoms with van der Waals surface area (Å²) in [6, 6.07) is -5.16. The molecule has 0 bridgehead atoms. The third-order valence-electron chi connectivity index (χ3n) is 3.23. The maximum absolute atomic E-state index is 12.4. The molecule has 0 rings (SSSR count). The van der Waals surface area contributed by atoms with Crippen molar-refractivity contribution >= 4 is 41.0 Å². The molecule has 27 heavy (non-hydrogen) atoms. The Hall–Kier alpha value is -2.55. The average Bonchev–Trinajstić information content (AvgIpc) is 2.56. The van der Waals surface area contributed by atoms with Gasteiger partial charge >= 0.3 is 12.0 Å². The lowest BCUT2D eigenvalue weighted by Gasteiger charge is -2.27. The first-order chi connectivity index (χ1) is 12.4. The minimum absolute atomic E-state index is 0.0747. The van der Waals surface area contributed by atoms with Crippen LogP contribution in [0.15, 0.2) is 0 Å². The predicted molar refractivity (Wildman–Crippen MR) is 95.9 cm³/mol. The van der Waals surface area contributed by atoms with Gasteiger partial charge in [0.05, 0.1) is 25.2 Å². The number of nitrogens with one attached hydrogen (secondary N) is 3. The number of nitrogens with zero attached hydrogens (tertiary/aromatic N) is 1. The zero-order valence-corrected chi connectivity index (χ0v) is 15.5.